The van der Waals surface area contributed by atoms with Crippen molar-refractivity contribution in [1.29, 1.82) is 0 Å². The monoisotopic (exact) mass is 225 g/mol. The largest absolute Gasteiger partial charge is 0.459 e. The second-order valence-electron chi connectivity index (χ2n) is 3.58. The van der Waals surface area contributed by atoms with E-state index >= 15 is 0 Å². The molecule has 0 amide bonds. The number of halogens is 1. The summed E-state index contributed by atoms with van der Waals surface area (Å²) in [5, 5.41) is 0. The Morgan fingerprint density at radius 1 is 1.44 bits per heavy atom. The summed E-state index contributed by atoms with van der Waals surface area (Å²) in [5.74, 6) is -0.987. The smallest absolute Gasteiger partial charge is 0.338 e. The molecule has 0 fully saturated rings. The summed E-state index contributed by atoms with van der Waals surface area (Å²) in [4.78, 5) is 11.6. The third-order valence-corrected chi connectivity index (χ3v) is 2.42. The lowest BCUT2D eigenvalue weighted by Gasteiger charge is -2.14. The molecule has 0 radical (unpaired) electrons. The number of ether oxygens (including phenoxy) is 1. The van der Waals surface area contributed by atoms with Crippen molar-refractivity contribution in [2.45, 2.75) is 32.8 Å². The first-order chi connectivity index (χ1) is 7.58. The van der Waals surface area contributed by atoms with Crippen LogP contribution in [0.1, 0.15) is 37.0 Å². The summed E-state index contributed by atoms with van der Waals surface area (Å²) in [7, 11) is 0. The van der Waals surface area contributed by atoms with Gasteiger partial charge in [-0.2, -0.15) is 0 Å². The number of nitrogens with two attached hydrogens (primary N) is 1. The standard InChI is InChI=1S/C12H16FNO2/c1-3-9(4-2)16-12(15)8-5-6-10(13)11(14)7-8/h5-7,9H,3-4,14H2,1-2H3. The molecular weight excluding hydrogens is 209 g/mol. The van der Waals surface area contributed by atoms with Gasteiger partial charge in [0.1, 0.15) is 11.9 Å². The van der Waals surface area contributed by atoms with Crippen LogP contribution in [0.4, 0.5) is 10.1 Å². The predicted octanol–water partition coefficient (Wildman–Crippen LogP) is 2.75. The molecule has 4 heteroatoms. The minimum absolute atomic E-state index is 0.0426. The van der Waals surface area contributed by atoms with E-state index < -0.39 is 11.8 Å². The second-order valence-corrected chi connectivity index (χ2v) is 3.58. The van der Waals surface area contributed by atoms with E-state index in [0.29, 0.717) is 0 Å². The molecule has 0 unspecified atom stereocenters. The maximum absolute atomic E-state index is 12.9. The molecule has 1 aromatic rings. The molecule has 3 nitrogen and oxygen atoms in total. The number of hydrogen-bond donors (Lipinski definition) is 1. The zero-order valence-electron chi connectivity index (χ0n) is 9.50. The van der Waals surface area contributed by atoms with Crippen molar-refractivity contribution in [2.75, 3.05) is 5.73 Å². The van der Waals surface area contributed by atoms with Gasteiger partial charge in [0.15, 0.2) is 0 Å². The molecule has 0 aromatic heterocycles. The molecule has 0 saturated heterocycles. The van der Waals surface area contributed by atoms with Crippen LogP contribution in [0.25, 0.3) is 0 Å². The van der Waals surface area contributed by atoms with Gasteiger partial charge in [-0.3, -0.25) is 0 Å². The number of carbonyl (C=O) groups excluding carboxylic acids is 1. The number of benzene rings is 1. The highest BCUT2D eigenvalue weighted by Gasteiger charge is 2.13. The maximum Gasteiger partial charge on any atom is 0.338 e. The van der Waals surface area contributed by atoms with Crippen molar-refractivity contribution >= 4 is 11.7 Å². The highest BCUT2D eigenvalue weighted by molar-refractivity contribution is 5.90. The van der Waals surface area contributed by atoms with Gasteiger partial charge in [-0.1, -0.05) is 13.8 Å². The van der Waals surface area contributed by atoms with Crippen molar-refractivity contribution in [3.05, 3.63) is 29.6 Å². The lowest BCUT2D eigenvalue weighted by molar-refractivity contribution is 0.0284. The lowest BCUT2D eigenvalue weighted by atomic mass is 10.2. The molecule has 0 saturated carbocycles. The first-order valence-corrected chi connectivity index (χ1v) is 5.34. The Morgan fingerprint density at radius 3 is 2.56 bits per heavy atom. The zero-order valence-corrected chi connectivity index (χ0v) is 9.50. The number of esters is 1. The summed E-state index contributed by atoms with van der Waals surface area (Å²) in [6.07, 6.45) is 1.43. The van der Waals surface area contributed by atoms with Crippen molar-refractivity contribution < 1.29 is 13.9 Å². The SMILES string of the molecule is CCC(CC)OC(=O)c1ccc(F)c(N)c1. The maximum atomic E-state index is 12.9. The van der Waals surface area contributed by atoms with Gasteiger partial charge < -0.3 is 10.5 Å². The van der Waals surface area contributed by atoms with Crippen LogP contribution in [0, 0.1) is 5.82 Å². The fraction of sp³-hybridized carbons (Fsp3) is 0.417. The number of anilines is 1. The minimum Gasteiger partial charge on any atom is -0.459 e. The molecule has 0 aliphatic rings. The van der Waals surface area contributed by atoms with Crippen LogP contribution in [0.2, 0.25) is 0 Å². The number of rotatable bonds is 4. The van der Waals surface area contributed by atoms with Gasteiger partial charge in [0.2, 0.25) is 0 Å². The molecule has 88 valence electrons. The van der Waals surface area contributed by atoms with Gasteiger partial charge in [0, 0.05) is 0 Å². The first kappa shape index (κ1) is 12.5. The van der Waals surface area contributed by atoms with Crippen LogP contribution in [0.15, 0.2) is 18.2 Å². The Bertz CT molecular complexity index is 375. The van der Waals surface area contributed by atoms with Crippen molar-refractivity contribution in [3.8, 4) is 0 Å². The quantitative estimate of drug-likeness (QED) is 0.633. The third-order valence-electron chi connectivity index (χ3n) is 2.42. The lowest BCUT2D eigenvalue weighted by Crippen LogP contribution is -2.16. The summed E-state index contributed by atoms with van der Waals surface area (Å²) >= 11 is 0. The molecule has 16 heavy (non-hydrogen) atoms. The molecule has 1 aromatic carbocycles. The highest BCUT2D eigenvalue weighted by atomic mass is 19.1. The van der Waals surface area contributed by atoms with Crippen LogP contribution < -0.4 is 5.73 Å². The molecule has 0 bridgehead atoms. The number of carbonyl (C=O) groups is 1. The Hall–Kier alpha value is -1.58. The van der Waals surface area contributed by atoms with Crippen molar-refractivity contribution in [2.24, 2.45) is 0 Å². The minimum atomic E-state index is -0.529. The molecule has 0 aliphatic carbocycles. The van der Waals surface area contributed by atoms with E-state index in [1.807, 2.05) is 13.8 Å². The van der Waals surface area contributed by atoms with Gasteiger partial charge in [0.25, 0.3) is 0 Å². The topological polar surface area (TPSA) is 52.3 Å². The average molecular weight is 225 g/mol. The van der Waals surface area contributed by atoms with Crippen molar-refractivity contribution in [1.82, 2.24) is 0 Å². The molecule has 0 heterocycles. The van der Waals surface area contributed by atoms with Crippen molar-refractivity contribution in [3.63, 3.8) is 0 Å². The van der Waals surface area contributed by atoms with E-state index in [4.69, 9.17) is 10.5 Å². The first-order valence-electron chi connectivity index (χ1n) is 5.34. The highest BCUT2D eigenvalue weighted by Crippen LogP contribution is 2.14. The summed E-state index contributed by atoms with van der Waals surface area (Å²) in [6.45, 7) is 3.89. The molecule has 2 N–H and O–H groups in total. The van der Waals surface area contributed by atoms with Gasteiger partial charge in [0.05, 0.1) is 11.3 Å². The third kappa shape index (κ3) is 2.95. The van der Waals surface area contributed by atoms with Gasteiger partial charge in [-0.25, -0.2) is 9.18 Å². The molecule has 0 atom stereocenters. The van der Waals surface area contributed by atoms with E-state index in [2.05, 4.69) is 0 Å². The van der Waals surface area contributed by atoms with Crippen LogP contribution in [0.5, 0.6) is 0 Å². The molecule has 0 aliphatic heterocycles. The molecule has 0 spiro atoms. The van der Waals surface area contributed by atoms with E-state index in [0.717, 1.165) is 12.8 Å². The Balaban J connectivity index is 2.76. The Morgan fingerprint density at radius 2 is 2.06 bits per heavy atom. The second kappa shape index (κ2) is 5.49. The predicted molar refractivity (Wildman–Crippen MR) is 60.6 cm³/mol. The Kier molecular flexibility index (Phi) is 4.28. The number of hydrogen-bond acceptors (Lipinski definition) is 3. The van der Waals surface area contributed by atoms with Gasteiger partial charge in [-0.15, -0.1) is 0 Å². The fourth-order valence-corrected chi connectivity index (χ4v) is 1.35. The van der Waals surface area contributed by atoms with Gasteiger partial charge >= 0.3 is 5.97 Å². The molecule has 1 rings (SSSR count). The van der Waals surface area contributed by atoms with E-state index in [1.165, 1.54) is 18.2 Å². The van der Waals surface area contributed by atoms with E-state index in [-0.39, 0.29) is 17.4 Å². The van der Waals surface area contributed by atoms with E-state index in [9.17, 15) is 9.18 Å². The zero-order chi connectivity index (χ0) is 12.1. The van der Waals surface area contributed by atoms with Crippen LogP contribution in [-0.2, 0) is 4.74 Å². The van der Waals surface area contributed by atoms with Crippen LogP contribution in [0.3, 0.4) is 0 Å². The summed E-state index contributed by atoms with van der Waals surface area (Å²) in [5.41, 5.74) is 5.61. The fourth-order valence-electron chi connectivity index (χ4n) is 1.35. The number of nitrogen functional groups attached to an aromatic ring is 1. The van der Waals surface area contributed by atoms with Crippen LogP contribution >= 0.6 is 0 Å². The average Bonchev–Trinajstić information content (AvgIpc) is 2.29. The summed E-state index contributed by atoms with van der Waals surface area (Å²) < 4.78 is 18.1. The molecular formula is C12H16FNO2. The normalized spacial score (nSPS) is 10.5. The summed E-state index contributed by atoms with van der Waals surface area (Å²) in [6, 6.07) is 3.83. The van der Waals surface area contributed by atoms with Crippen LogP contribution in [-0.4, -0.2) is 12.1 Å². The Labute approximate surface area is 94.4 Å². The van der Waals surface area contributed by atoms with E-state index in [1.54, 1.807) is 0 Å². The van der Waals surface area contributed by atoms with Gasteiger partial charge in [-0.05, 0) is 31.0 Å².